The van der Waals surface area contributed by atoms with E-state index in [-0.39, 0.29) is 5.78 Å². The van der Waals surface area contributed by atoms with Crippen LogP contribution in [-0.4, -0.2) is 12.0 Å². The highest BCUT2D eigenvalue weighted by molar-refractivity contribution is 7.98. The first-order valence-electron chi connectivity index (χ1n) is 6.05. The topological polar surface area (TPSA) is 17.1 Å². The van der Waals surface area contributed by atoms with E-state index < -0.39 is 0 Å². The standard InChI is InChI=1S/C16H14OS/c1-18-14-7-6-13-8-11-4-2-3-5-12(11)9-16(17)15(13)10-14/h2-7,10H,8-9H2,1H3. The molecule has 0 saturated carbocycles. The number of carbonyl (C=O) groups excluding carboxylic acids is 1. The third kappa shape index (κ3) is 1.97. The Bertz CT molecular complexity index is 616. The number of carbonyl (C=O) groups is 1. The van der Waals surface area contributed by atoms with Crippen molar-refractivity contribution in [3.8, 4) is 0 Å². The van der Waals surface area contributed by atoms with Crippen molar-refractivity contribution in [2.75, 3.05) is 6.26 Å². The minimum Gasteiger partial charge on any atom is -0.294 e. The van der Waals surface area contributed by atoms with Crippen LogP contribution >= 0.6 is 11.8 Å². The van der Waals surface area contributed by atoms with Gasteiger partial charge < -0.3 is 0 Å². The molecule has 1 aliphatic rings. The first-order valence-corrected chi connectivity index (χ1v) is 7.27. The summed E-state index contributed by atoms with van der Waals surface area (Å²) in [6, 6.07) is 14.5. The van der Waals surface area contributed by atoms with Crippen LogP contribution in [0.3, 0.4) is 0 Å². The number of rotatable bonds is 1. The van der Waals surface area contributed by atoms with Crippen molar-refractivity contribution in [1.29, 1.82) is 0 Å². The van der Waals surface area contributed by atoms with Crippen LogP contribution in [0.25, 0.3) is 0 Å². The lowest BCUT2D eigenvalue weighted by atomic mass is 10.0. The van der Waals surface area contributed by atoms with E-state index in [9.17, 15) is 4.79 Å². The van der Waals surface area contributed by atoms with Gasteiger partial charge in [0.25, 0.3) is 0 Å². The summed E-state index contributed by atoms with van der Waals surface area (Å²) < 4.78 is 0. The number of benzene rings is 2. The molecule has 0 N–H and O–H groups in total. The van der Waals surface area contributed by atoms with Gasteiger partial charge in [0.15, 0.2) is 5.78 Å². The molecule has 2 aromatic carbocycles. The summed E-state index contributed by atoms with van der Waals surface area (Å²) in [5.41, 5.74) is 4.51. The van der Waals surface area contributed by atoms with Crippen molar-refractivity contribution in [2.45, 2.75) is 17.7 Å². The molecule has 0 aromatic heterocycles. The van der Waals surface area contributed by atoms with E-state index in [0.717, 1.165) is 22.4 Å². The van der Waals surface area contributed by atoms with Gasteiger partial charge in [0.1, 0.15) is 0 Å². The Labute approximate surface area is 111 Å². The summed E-state index contributed by atoms with van der Waals surface area (Å²) in [5, 5.41) is 0. The predicted molar refractivity (Wildman–Crippen MR) is 75.5 cm³/mol. The molecule has 90 valence electrons. The molecule has 0 heterocycles. The van der Waals surface area contributed by atoms with Crippen LogP contribution in [-0.2, 0) is 12.8 Å². The van der Waals surface area contributed by atoms with E-state index in [1.165, 1.54) is 11.1 Å². The smallest absolute Gasteiger partial charge is 0.167 e. The van der Waals surface area contributed by atoms with E-state index >= 15 is 0 Å². The second kappa shape index (κ2) is 4.62. The summed E-state index contributed by atoms with van der Waals surface area (Å²) >= 11 is 1.68. The monoisotopic (exact) mass is 254 g/mol. The van der Waals surface area contributed by atoms with Crippen LogP contribution in [0.5, 0.6) is 0 Å². The molecule has 0 bridgehead atoms. The quantitative estimate of drug-likeness (QED) is 0.721. The molecule has 0 saturated heterocycles. The molecule has 18 heavy (non-hydrogen) atoms. The lowest BCUT2D eigenvalue weighted by Crippen LogP contribution is -2.03. The molecule has 3 rings (SSSR count). The van der Waals surface area contributed by atoms with Crippen LogP contribution in [0.15, 0.2) is 47.4 Å². The molecule has 1 aliphatic carbocycles. The molecule has 0 unspecified atom stereocenters. The number of ketones is 1. The van der Waals surface area contributed by atoms with E-state index in [4.69, 9.17) is 0 Å². The second-order valence-corrected chi connectivity index (χ2v) is 5.45. The van der Waals surface area contributed by atoms with Crippen LogP contribution in [0, 0.1) is 0 Å². The van der Waals surface area contributed by atoms with E-state index in [0.29, 0.717) is 6.42 Å². The highest BCUT2D eigenvalue weighted by Crippen LogP contribution is 2.27. The van der Waals surface area contributed by atoms with Gasteiger partial charge in [0.05, 0.1) is 0 Å². The zero-order chi connectivity index (χ0) is 12.5. The predicted octanol–water partition coefficient (Wildman–Crippen LogP) is 3.74. The molecule has 0 radical (unpaired) electrons. The van der Waals surface area contributed by atoms with E-state index in [2.05, 4.69) is 24.3 Å². The van der Waals surface area contributed by atoms with Crippen LogP contribution < -0.4 is 0 Å². The number of fused-ring (bicyclic) bond motifs is 2. The minimum absolute atomic E-state index is 0.242. The molecular weight excluding hydrogens is 240 g/mol. The van der Waals surface area contributed by atoms with Crippen LogP contribution in [0.1, 0.15) is 27.0 Å². The zero-order valence-corrected chi connectivity index (χ0v) is 11.1. The maximum atomic E-state index is 12.3. The fourth-order valence-corrected chi connectivity index (χ4v) is 2.91. The normalized spacial score (nSPS) is 13.7. The summed E-state index contributed by atoms with van der Waals surface area (Å²) in [6.45, 7) is 0. The molecule has 1 nitrogen and oxygen atoms in total. The summed E-state index contributed by atoms with van der Waals surface area (Å²) in [4.78, 5) is 13.5. The Morgan fingerprint density at radius 1 is 0.944 bits per heavy atom. The third-order valence-electron chi connectivity index (χ3n) is 3.47. The van der Waals surface area contributed by atoms with Crippen molar-refractivity contribution in [1.82, 2.24) is 0 Å². The molecule has 0 atom stereocenters. The number of thioether (sulfide) groups is 1. The Morgan fingerprint density at radius 3 is 2.39 bits per heavy atom. The highest BCUT2D eigenvalue weighted by Gasteiger charge is 2.19. The first kappa shape index (κ1) is 11.5. The van der Waals surface area contributed by atoms with Crippen LogP contribution in [0.4, 0.5) is 0 Å². The van der Waals surface area contributed by atoms with Gasteiger partial charge in [-0.1, -0.05) is 30.3 Å². The van der Waals surface area contributed by atoms with Crippen molar-refractivity contribution in [3.63, 3.8) is 0 Å². The Morgan fingerprint density at radius 2 is 1.67 bits per heavy atom. The Balaban J connectivity index is 2.13. The average Bonchev–Trinajstić information content (AvgIpc) is 2.54. The highest BCUT2D eigenvalue weighted by atomic mass is 32.2. The number of hydrogen-bond acceptors (Lipinski definition) is 2. The Kier molecular flexibility index (Phi) is 2.96. The number of Topliss-reactive ketones (excluding diaryl/α,β-unsaturated/α-hetero) is 1. The largest absolute Gasteiger partial charge is 0.294 e. The molecule has 2 aromatic rings. The van der Waals surface area contributed by atoms with Crippen molar-refractivity contribution < 1.29 is 4.79 Å². The molecule has 0 fully saturated rings. The van der Waals surface area contributed by atoms with Gasteiger partial charge in [-0.15, -0.1) is 11.8 Å². The maximum absolute atomic E-state index is 12.3. The zero-order valence-electron chi connectivity index (χ0n) is 10.3. The number of hydrogen-bond donors (Lipinski definition) is 0. The Hall–Kier alpha value is -1.54. The van der Waals surface area contributed by atoms with Crippen molar-refractivity contribution in [2.24, 2.45) is 0 Å². The van der Waals surface area contributed by atoms with Gasteiger partial charge in [-0.3, -0.25) is 4.79 Å². The maximum Gasteiger partial charge on any atom is 0.167 e. The molecular formula is C16H14OS. The van der Waals surface area contributed by atoms with Gasteiger partial charge in [-0.25, -0.2) is 0 Å². The molecule has 0 spiro atoms. The van der Waals surface area contributed by atoms with Gasteiger partial charge in [-0.2, -0.15) is 0 Å². The molecule has 2 heteroatoms. The minimum atomic E-state index is 0.242. The van der Waals surface area contributed by atoms with E-state index in [1.54, 1.807) is 11.8 Å². The lowest BCUT2D eigenvalue weighted by molar-refractivity contribution is 0.0993. The lowest BCUT2D eigenvalue weighted by Gasteiger charge is -2.06. The summed E-state index contributed by atoms with van der Waals surface area (Å²) in [5.74, 6) is 0.242. The fourth-order valence-electron chi connectivity index (χ4n) is 2.47. The molecule has 0 amide bonds. The van der Waals surface area contributed by atoms with Gasteiger partial charge in [0.2, 0.25) is 0 Å². The summed E-state index contributed by atoms with van der Waals surface area (Å²) in [6.07, 6.45) is 3.44. The SMILES string of the molecule is CSc1ccc2c(c1)C(=O)Cc1ccccc1C2. The fraction of sp³-hybridized carbons (Fsp3) is 0.188. The summed E-state index contributed by atoms with van der Waals surface area (Å²) in [7, 11) is 0. The average molecular weight is 254 g/mol. The van der Waals surface area contributed by atoms with Gasteiger partial charge >= 0.3 is 0 Å². The van der Waals surface area contributed by atoms with Gasteiger partial charge in [-0.05, 0) is 41.5 Å². The van der Waals surface area contributed by atoms with Crippen molar-refractivity contribution >= 4 is 17.5 Å². The second-order valence-electron chi connectivity index (χ2n) is 4.57. The molecule has 0 aliphatic heterocycles. The van der Waals surface area contributed by atoms with Crippen molar-refractivity contribution in [3.05, 3.63) is 64.7 Å². The van der Waals surface area contributed by atoms with Gasteiger partial charge in [0, 0.05) is 16.9 Å². The first-order chi connectivity index (χ1) is 8.78. The van der Waals surface area contributed by atoms with Crippen LogP contribution in [0.2, 0.25) is 0 Å². The third-order valence-corrected chi connectivity index (χ3v) is 4.19. The van der Waals surface area contributed by atoms with E-state index in [1.807, 2.05) is 24.5 Å².